The molecule has 0 aliphatic rings. The number of anilines is 1. The Labute approximate surface area is 175 Å². The number of hydrogen-bond donors (Lipinski definition) is 1. The Kier molecular flexibility index (Phi) is 4.50. The van der Waals surface area contributed by atoms with Gasteiger partial charge in [0.2, 0.25) is 16.8 Å². The average Bonchev–Trinajstić information content (AvgIpc) is 3.29. The smallest absolute Gasteiger partial charge is 0.250 e. The summed E-state index contributed by atoms with van der Waals surface area (Å²) in [7, 11) is 0. The SMILES string of the molecule is O=C(Cc1cccc2ccccc12)Nc1nc2scc(-c3ccc(Cl)cc3)n2n1. The first-order chi connectivity index (χ1) is 14.2. The summed E-state index contributed by atoms with van der Waals surface area (Å²) in [6.45, 7) is 0. The van der Waals surface area contributed by atoms with E-state index in [1.807, 2.05) is 72.1 Å². The lowest BCUT2D eigenvalue weighted by atomic mass is 10.0. The van der Waals surface area contributed by atoms with Crippen LogP contribution in [0.3, 0.4) is 0 Å². The van der Waals surface area contributed by atoms with Crippen LogP contribution in [0, 0.1) is 0 Å². The molecule has 0 radical (unpaired) electrons. The van der Waals surface area contributed by atoms with Crippen LogP contribution in [-0.2, 0) is 11.2 Å². The molecule has 7 heteroatoms. The normalized spacial score (nSPS) is 11.2. The second-order valence-electron chi connectivity index (χ2n) is 6.62. The van der Waals surface area contributed by atoms with E-state index in [1.54, 1.807) is 4.52 Å². The van der Waals surface area contributed by atoms with E-state index in [-0.39, 0.29) is 12.3 Å². The average molecular weight is 419 g/mol. The molecule has 0 atom stereocenters. The molecule has 0 aliphatic heterocycles. The molecule has 3 aromatic carbocycles. The Hall–Kier alpha value is -3.22. The number of nitrogens with zero attached hydrogens (tertiary/aromatic N) is 3. The van der Waals surface area contributed by atoms with Crippen molar-refractivity contribution in [2.75, 3.05) is 5.32 Å². The molecule has 0 bridgehead atoms. The van der Waals surface area contributed by atoms with Crippen molar-refractivity contribution in [2.45, 2.75) is 6.42 Å². The van der Waals surface area contributed by atoms with Crippen molar-refractivity contribution < 1.29 is 4.79 Å². The lowest BCUT2D eigenvalue weighted by Crippen LogP contribution is -2.15. The summed E-state index contributed by atoms with van der Waals surface area (Å²) in [5.74, 6) is 0.157. The van der Waals surface area contributed by atoms with E-state index in [0.717, 1.165) is 32.6 Å². The van der Waals surface area contributed by atoms with E-state index in [9.17, 15) is 4.79 Å². The number of amides is 1. The van der Waals surface area contributed by atoms with Gasteiger partial charge in [-0.25, -0.2) is 4.52 Å². The highest BCUT2D eigenvalue weighted by atomic mass is 35.5. The Balaban J connectivity index is 1.39. The number of benzene rings is 3. The zero-order valence-corrected chi connectivity index (χ0v) is 16.7. The molecule has 1 N–H and O–H groups in total. The van der Waals surface area contributed by atoms with Crippen molar-refractivity contribution in [3.05, 3.63) is 82.7 Å². The summed E-state index contributed by atoms with van der Waals surface area (Å²) < 4.78 is 1.74. The molecular formula is C22H15ClN4OS. The topological polar surface area (TPSA) is 59.3 Å². The molecular weight excluding hydrogens is 404 g/mol. The number of hydrogen-bond acceptors (Lipinski definition) is 4. The fourth-order valence-electron chi connectivity index (χ4n) is 3.34. The summed E-state index contributed by atoms with van der Waals surface area (Å²) in [6.07, 6.45) is 0.262. The number of fused-ring (bicyclic) bond motifs is 2. The maximum atomic E-state index is 12.6. The summed E-state index contributed by atoms with van der Waals surface area (Å²) in [5, 5.41) is 12.2. The van der Waals surface area contributed by atoms with E-state index in [0.29, 0.717) is 11.0 Å². The van der Waals surface area contributed by atoms with Crippen molar-refractivity contribution in [1.29, 1.82) is 0 Å². The van der Waals surface area contributed by atoms with E-state index in [2.05, 4.69) is 15.4 Å². The van der Waals surface area contributed by atoms with Gasteiger partial charge in [0.05, 0.1) is 12.1 Å². The van der Waals surface area contributed by atoms with Crippen molar-refractivity contribution in [3.8, 4) is 11.3 Å². The van der Waals surface area contributed by atoms with Gasteiger partial charge in [-0.1, -0.05) is 66.2 Å². The molecule has 2 heterocycles. The summed E-state index contributed by atoms with van der Waals surface area (Å²) >= 11 is 7.45. The zero-order chi connectivity index (χ0) is 19.8. The van der Waals surface area contributed by atoms with Crippen LogP contribution < -0.4 is 5.32 Å². The molecule has 29 heavy (non-hydrogen) atoms. The van der Waals surface area contributed by atoms with Gasteiger partial charge in [0.15, 0.2) is 0 Å². The third-order valence-corrected chi connectivity index (χ3v) is 5.77. The zero-order valence-electron chi connectivity index (χ0n) is 15.2. The van der Waals surface area contributed by atoms with Crippen LogP contribution >= 0.6 is 22.9 Å². The fourth-order valence-corrected chi connectivity index (χ4v) is 4.30. The van der Waals surface area contributed by atoms with Gasteiger partial charge in [-0.15, -0.1) is 16.4 Å². The summed E-state index contributed by atoms with van der Waals surface area (Å²) in [4.78, 5) is 17.8. The number of rotatable bonds is 4. The van der Waals surface area contributed by atoms with Gasteiger partial charge in [-0.3, -0.25) is 10.1 Å². The van der Waals surface area contributed by atoms with Gasteiger partial charge in [-0.2, -0.15) is 4.98 Å². The third-order valence-electron chi connectivity index (χ3n) is 4.70. The minimum Gasteiger partial charge on any atom is -0.293 e. The first-order valence-electron chi connectivity index (χ1n) is 9.04. The quantitative estimate of drug-likeness (QED) is 0.422. The van der Waals surface area contributed by atoms with E-state index >= 15 is 0 Å². The van der Waals surface area contributed by atoms with Crippen LogP contribution in [0.25, 0.3) is 27.0 Å². The monoisotopic (exact) mass is 418 g/mol. The van der Waals surface area contributed by atoms with Crippen LogP contribution in [0.2, 0.25) is 5.02 Å². The fraction of sp³-hybridized carbons (Fsp3) is 0.0455. The number of thiazole rings is 1. The predicted molar refractivity (Wildman–Crippen MR) is 118 cm³/mol. The van der Waals surface area contributed by atoms with Crippen molar-refractivity contribution in [3.63, 3.8) is 0 Å². The molecule has 0 aliphatic carbocycles. The molecule has 0 saturated heterocycles. The summed E-state index contributed by atoms with van der Waals surface area (Å²) in [5.41, 5.74) is 2.87. The van der Waals surface area contributed by atoms with Gasteiger partial charge in [0.25, 0.3) is 0 Å². The number of halogens is 1. The van der Waals surface area contributed by atoms with E-state index in [1.165, 1.54) is 11.3 Å². The predicted octanol–water partition coefficient (Wildman–Crippen LogP) is 5.45. The number of aromatic nitrogens is 3. The number of nitrogens with one attached hydrogen (secondary N) is 1. The largest absolute Gasteiger partial charge is 0.293 e. The van der Waals surface area contributed by atoms with Gasteiger partial charge >= 0.3 is 0 Å². The third kappa shape index (κ3) is 3.48. The van der Waals surface area contributed by atoms with E-state index < -0.39 is 0 Å². The first-order valence-corrected chi connectivity index (χ1v) is 10.3. The molecule has 5 aromatic rings. The van der Waals surface area contributed by atoms with E-state index in [4.69, 9.17) is 11.6 Å². The van der Waals surface area contributed by atoms with Crippen LogP contribution in [-0.4, -0.2) is 20.5 Å². The molecule has 0 saturated carbocycles. The maximum Gasteiger partial charge on any atom is 0.250 e. The lowest BCUT2D eigenvalue weighted by molar-refractivity contribution is -0.115. The molecule has 5 nitrogen and oxygen atoms in total. The highest BCUT2D eigenvalue weighted by Crippen LogP contribution is 2.27. The molecule has 0 spiro atoms. The summed E-state index contributed by atoms with van der Waals surface area (Å²) in [6, 6.07) is 21.6. The molecule has 142 valence electrons. The minimum atomic E-state index is -0.146. The molecule has 0 fully saturated rings. The molecule has 2 aromatic heterocycles. The van der Waals surface area contributed by atoms with Crippen LogP contribution in [0.15, 0.2) is 72.1 Å². The van der Waals surface area contributed by atoms with Gasteiger partial charge in [0, 0.05) is 16.0 Å². The van der Waals surface area contributed by atoms with Crippen molar-refractivity contribution in [1.82, 2.24) is 14.6 Å². The standard InChI is InChI=1S/C22H15ClN4OS/c23-17-10-8-15(9-11-17)19-13-29-22-25-21(26-27(19)22)24-20(28)12-16-6-3-5-14-4-1-2-7-18(14)16/h1-11,13H,12H2,(H,24,26,28). The molecule has 0 unspecified atom stereocenters. The van der Waals surface area contributed by atoms with Crippen LogP contribution in [0.4, 0.5) is 5.95 Å². The lowest BCUT2D eigenvalue weighted by Gasteiger charge is -2.06. The van der Waals surface area contributed by atoms with Gasteiger partial charge < -0.3 is 0 Å². The maximum absolute atomic E-state index is 12.6. The Morgan fingerprint density at radius 2 is 1.83 bits per heavy atom. The van der Waals surface area contributed by atoms with Crippen LogP contribution in [0.1, 0.15) is 5.56 Å². The minimum absolute atomic E-state index is 0.146. The van der Waals surface area contributed by atoms with Crippen LogP contribution in [0.5, 0.6) is 0 Å². The molecule has 5 rings (SSSR count). The Bertz CT molecular complexity index is 1330. The van der Waals surface area contributed by atoms with Crippen molar-refractivity contribution in [2.24, 2.45) is 0 Å². The van der Waals surface area contributed by atoms with Gasteiger partial charge in [-0.05, 0) is 28.5 Å². The Morgan fingerprint density at radius 3 is 2.69 bits per heavy atom. The second-order valence-corrected chi connectivity index (χ2v) is 7.89. The van der Waals surface area contributed by atoms with Gasteiger partial charge in [0.1, 0.15) is 0 Å². The second kappa shape index (κ2) is 7.31. The highest BCUT2D eigenvalue weighted by molar-refractivity contribution is 7.15. The number of carbonyl (C=O) groups excluding carboxylic acids is 1. The Morgan fingerprint density at radius 1 is 1.03 bits per heavy atom. The highest BCUT2D eigenvalue weighted by Gasteiger charge is 2.14. The number of carbonyl (C=O) groups is 1. The molecule has 1 amide bonds. The first kappa shape index (κ1) is 17.8. The van der Waals surface area contributed by atoms with Crippen molar-refractivity contribution >= 4 is 50.5 Å².